The highest BCUT2D eigenvalue weighted by Crippen LogP contribution is 2.60. The summed E-state index contributed by atoms with van der Waals surface area (Å²) in [6, 6.07) is 0. The van der Waals surface area contributed by atoms with Gasteiger partial charge in [0.15, 0.2) is 0 Å². The van der Waals surface area contributed by atoms with Crippen LogP contribution in [-0.4, -0.2) is 104 Å². The van der Waals surface area contributed by atoms with E-state index in [9.17, 15) is 19.8 Å². The number of methoxy groups -OCH3 is 1. The lowest BCUT2D eigenvalue weighted by Crippen LogP contribution is -2.70. The number of carbonyl (C=O) groups excluding carboxylic acids is 2. The summed E-state index contributed by atoms with van der Waals surface area (Å²) in [5.41, 5.74) is 17.3. The number of carbonyl (C=O) groups is 2. The Morgan fingerprint density at radius 2 is 1.89 bits per heavy atom. The summed E-state index contributed by atoms with van der Waals surface area (Å²) in [4.78, 5) is 27.6. The average Bonchev–Trinajstić information content (AvgIpc) is 3.37. The number of nitrogens with one attached hydrogen (secondary N) is 2. The largest absolute Gasteiger partial charge is 0.456 e. The van der Waals surface area contributed by atoms with Gasteiger partial charge in [0.05, 0.1) is 49.3 Å². The van der Waals surface area contributed by atoms with Crippen molar-refractivity contribution in [3.8, 4) is 0 Å². The third-order valence-corrected chi connectivity index (χ3v) is 15.1. The minimum Gasteiger partial charge on any atom is -0.456 e. The fraction of sp³-hybridized carbons (Fsp3) is 0.805. The van der Waals surface area contributed by atoms with E-state index in [1.165, 1.54) is 16.7 Å². The van der Waals surface area contributed by atoms with Gasteiger partial charge >= 0.3 is 5.97 Å². The minimum absolute atomic E-state index is 0.00492. The van der Waals surface area contributed by atoms with Crippen LogP contribution < -0.4 is 22.1 Å². The van der Waals surface area contributed by atoms with Crippen LogP contribution in [0.15, 0.2) is 34.4 Å². The van der Waals surface area contributed by atoms with Crippen LogP contribution in [0.5, 0.6) is 0 Å². The minimum atomic E-state index is -1.03. The lowest BCUT2D eigenvalue weighted by molar-refractivity contribution is -0.294. The zero-order chi connectivity index (χ0) is 37.3. The van der Waals surface area contributed by atoms with Gasteiger partial charge in [0.1, 0.15) is 17.5 Å². The molecule has 0 aromatic heterocycles. The van der Waals surface area contributed by atoms with Gasteiger partial charge in [0, 0.05) is 55.3 Å². The summed E-state index contributed by atoms with van der Waals surface area (Å²) >= 11 is 0. The Bertz CT molecular complexity index is 1530. The van der Waals surface area contributed by atoms with Crippen molar-refractivity contribution in [3.63, 3.8) is 0 Å². The molecule has 0 spiro atoms. The zero-order valence-corrected chi connectivity index (χ0v) is 31.9. The molecule has 8 aliphatic rings. The number of aliphatic hydroxyl groups excluding tert-OH is 2. The van der Waals surface area contributed by atoms with Crippen molar-refractivity contribution in [2.24, 2.45) is 64.7 Å². The van der Waals surface area contributed by atoms with Gasteiger partial charge in [-0.1, -0.05) is 17.7 Å². The van der Waals surface area contributed by atoms with Gasteiger partial charge in [-0.05, 0) is 108 Å². The quantitative estimate of drug-likeness (QED) is 0.172. The lowest BCUT2D eigenvalue weighted by Gasteiger charge is -2.61. The van der Waals surface area contributed by atoms with E-state index < -0.39 is 53.9 Å². The number of Topliss-reactive ketones (excluding diaryl/α,β-unsaturated/α-hetero) is 1. The molecule has 53 heavy (non-hydrogen) atoms. The highest BCUT2D eigenvalue weighted by molar-refractivity contribution is 5.88. The standard InChI is InChI=1S/C41H62N4O8/c1-5-19(2)40(49)52-31-16-27-36(48)35-30(47)15-24(18-46)51-38(35)28-11-21-6-8-44-39(43)33(21)26-10-20(7-9-50-4)25-12-22-14-32(42)45-17-23(22)13-29(34(25)26)41(31,3)53-37(27)28/h5,10,20-24,27-29,31-33,35-39,44-46,48H,6-9,11-18,42-43H2,1-4H3. The third-order valence-electron chi connectivity index (χ3n) is 15.1. The van der Waals surface area contributed by atoms with E-state index in [0.717, 1.165) is 45.2 Å². The van der Waals surface area contributed by atoms with Gasteiger partial charge in [-0.25, -0.2) is 4.79 Å². The number of ether oxygens (including phenoxy) is 4. The van der Waals surface area contributed by atoms with E-state index in [0.29, 0.717) is 36.9 Å². The van der Waals surface area contributed by atoms with E-state index in [4.69, 9.17) is 30.4 Å². The first-order chi connectivity index (χ1) is 25.5. The molecular weight excluding hydrogens is 676 g/mol. The molecule has 8 N–H and O–H groups in total. The van der Waals surface area contributed by atoms with Gasteiger partial charge in [-0.15, -0.1) is 0 Å². The number of allylic oxidation sites excluding steroid dienone is 3. The number of hydrogen-bond acceptors (Lipinski definition) is 12. The summed E-state index contributed by atoms with van der Waals surface area (Å²) in [6.45, 7) is 7.68. The summed E-state index contributed by atoms with van der Waals surface area (Å²) < 4.78 is 26.5. The fourth-order valence-electron chi connectivity index (χ4n) is 12.3. The SMILES string of the molecule is CC=C(C)C(=O)OC1CC2C(O)C3C(=O)CC(CO)OC3C3CC4CCNC(N)C4C4=CC(CCOC)C5=C4C(CC4CNC(N)CC4C5)C1(C)OC23. The van der Waals surface area contributed by atoms with Crippen LogP contribution in [0.4, 0.5) is 0 Å². The van der Waals surface area contributed by atoms with Crippen LogP contribution in [0.3, 0.4) is 0 Å². The highest BCUT2D eigenvalue weighted by Gasteiger charge is 2.65. The Morgan fingerprint density at radius 3 is 2.64 bits per heavy atom. The molecule has 6 fully saturated rings. The van der Waals surface area contributed by atoms with E-state index >= 15 is 0 Å². The molecule has 0 aromatic rings. The molecule has 0 radical (unpaired) electrons. The molecule has 8 rings (SSSR count). The summed E-state index contributed by atoms with van der Waals surface area (Å²) in [5, 5.41) is 29.6. The maximum Gasteiger partial charge on any atom is 0.333 e. The van der Waals surface area contributed by atoms with Gasteiger partial charge < -0.3 is 51.3 Å². The van der Waals surface area contributed by atoms with Crippen molar-refractivity contribution in [3.05, 3.63) is 34.4 Å². The summed E-state index contributed by atoms with van der Waals surface area (Å²) in [5.74, 6) is -1.01. The monoisotopic (exact) mass is 738 g/mol. The maximum absolute atomic E-state index is 13.9. The molecule has 12 heteroatoms. The molecule has 5 saturated heterocycles. The number of piperidine rings is 2. The Hall–Kier alpha value is -2.00. The Morgan fingerprint density at radius 1 is 1.08 bits per heavy atom. The van der Waals surface area contributed by atoms with Crippen molar-refractivity contribution >= 4 is 11.8 Å². The molecule has 17 atom stereocenters. The van der Waals surface area contributed by atoms with Gasteiger partial charge in [0.2, 0.25) is 0 Å². The van der Waals surface area contributed by atoms with Gasteiger partial charge in [0.25, 0.3) is 0 Å². The molecule has 17 unspecified atom stereocenters. The predicted molar refractivity (Wildman–Crippen MR) is 197 cm³/mol. The fourth-order valence-corrected chi connectivity index (χ4v) is 12.3. The number of rotatable bonds is 6. The lowest BCUT2D eigenvalue weighted by atomic mass is 9.57. The van der Waals surface area contributed by atoms with Crippen LogP contribution in [0.1, 0.15) is 72.1 Å². The van der Waals surface area contributed by atoms with Crippen LogP contribution >= 0.6 is 0 Å². The molecule has 12 nitrogen and oxygen atoms in total. The first-order valence-corrected chi connectivity index (χ1v) is 20.4. The van der Waals surface area contributed by atoms with Gasteiger partial charge in [-0.3, -0.25) is 4.79 Å². The average molecular weight is 739 g/mol. The van der Waals surface area contributed by atoms with Crippen molar-refractivity contribution < 1.29 is 38.7 Å². The molecule has 3 aliphatic carbocycles. The van der Waals surface area contributed by atoms with Crippen LogP contribution in [0.2, 0.25) is 0 Å². The van der Waals surface area contributed by atoms with E-state index in [-0.39, 0.29) is 60.7 Å². The Labute approximate surface area is 313 Å². The summed E-state index contributed by atoms with van der Waals surface area (Å²) in [7, 11) is 1.76. The molecule has 0 aromatic carbocycles. The molecule has 0 amide bonds. The van der Waals surface area contributed by atoms with Crippen molar-refractivity contribution in [2.45, 2.75) is 121 Å². The molecular formula is C41H62N4O8. The second-order valence-electron chi connectivity index (χ2n) is 17.8. The smallest absolute Gasteiger partial charge is 0.333 e. The van der Waals surface area contributed by atoms with Crippen LogP contribution in [0, 0.1) is 53.3 Å². The second kappa shape index (κ2) is 14.8. The third kappa shape index (κ3) is 6.42. The number of hydrogen-bond donors (Lipinski definition) is 6. The number of esters is 1. The number of nitrogens with two attached hydrogens (primary N) is 2. The van der Waals surface area contributed by atoms with Crippen LogP contribution in [0.25, 0.3) is 0 Å². The van der Waals surface area contributed by atoms with Crippen molar-refractivity contribution in [2.75, 3.05) is 33.4 Å². The van der Waals surface area contributed by atoms with Gasteiger partial charge in [-0.2, -0.15) is 0 Å². The molecule has 5 heterocycles. The predicted octanol–water partition coefficient (Wildman–Crippen LogP) is 2.08. The first-order valence-electron chi connectivity index (χ1n) is 20.4. The van der Waals surface area contributed by atoms with Crippen molar-refractivity contribution in [1.82, 2.24) is 10.6 Å². The topological polar surface area (TPSA) is 188 Å². The van der Waals surface area contributed by atoms with Crippen molar-refractivity contribution in [1.29, 1.82) is 0 Å². The highest BCUT2D eigenvalue weighted by atomic mass is 16.6. The Kier molecular flexibility index (Phi) is 10.6. The number of aliphatic hydroxyl groups is 2. The summed E-state index contributed by atoms with van der Waals surface area (Å²) in [6.07, 6.45) is 6.03. The zero-order valence-electron chi connectivity index (χ0n) is 31.9. The molecule has 294 valence electrons. The second-order valence-corrected chi connectivity index (χ2v) is 17.8. The molecule has 2 bridgehead atoms. The Balaban J connectivity index is 1.33. The van der Waals surface area contributed by atoms with E-state index in [2.05, 4.69) is 23.6 Å². The maximum atomic E-state index is 13.9. The number of ketones is 1. The number of fused-ring (bicyclic) bond motifs is 7. The normalized spacial score (nSPS) is 48.0. The first kappa shape index (κ1) is 37.9. The molecule has 5 aliphatic heterocycles. The van der Waals surface area contributed by atoms with E-state index in [1.54, 1.807) is 20.1 Å². The van der Waals surface area contributed by atoms with Crippen LogP contribution in [-0.2, 0) is 28.5 Å². The van der Waals surface area contributed by atoms with E-state index in [1.807, 2.05) is 6.92 Å². The molecule has 1 saturated carbocycles.